The van der Waals surface area contributed by atoms with Crippen LogP contribution in [0.5, 0.6) is 0 Å². The SMILES string of the molecule is CC(C)C(CNC(=O)N1CCCC1c1cccs1)N1CCOCC1. The zero-order valence-corrected chi connectivity index (χ0v) is 15.6. The number of hydrogen-bond donors (Lipinski definition) is 1. The van der Waals surface area contributed by atoms with Gasteiger partial charge < -0.3 is 15.0 Å². The summed E-state index contributed by atoms with van der Waals surface area (Å²) in [6.07, 6.45) is 2.16. The van der Waals surface area contributed by atoms with Crippen LogP contribution in [0.2, 0.25) is 0 Å². The summed E-state index contributed by atoms with van der Waals surface area (Å²) in [5.41, 5.74) is 0. The quantitative estimate of drug-likeness (QED) is 0.887. The second kappa shape index (κ2) is 8.32. The van der Waals surface area contributed by atoms with E-state index in [0.29, 0.717) is 18.5 Å². The van der Waals surface area contributed by atoms with Gasteiger partial charge in [-0.1, -0.05) is 19.9 Å². The molecule has 0 saturated carbocycles. The molecule has 3 rings (SSSR count). The Labute approximate surface area is 149 Å². The van der Waals surface area contributed by atoms with Crippen molar-refractivity contribution in [1.29, 1.82) is 0 Å². The van der Waals surface area contributed by atoms with Gasteiger partial charge in [0.2, 0.25) is 0 Å². The number of hydrogen-bond acceptors (Lipinski definition) is 4. The smallest absolute Gasteiger partial charge is 0.317 e. The van der Waals surface area contributed by atoms with E-state index in [-0.39, 0.29) is 12.1 Å². The molecule has 0 spiro atoms. The topological polar surface area (TPSA) is 44.8 Å². The molecule has 6 heteroatoms. The standard InChI is InChI=1S/C18H29N3O2S/c1-14(2)16(20-8-10-23-11-9-20)13-19-18(22)21-7-3-5-15(21)17-6-4-12-24-17/h4,6,12,14-16H,3,5,7-11,13H2,1-2H3,(H,19,22). The van der Waals surface area contributed by atoms with E-state index in [1.165, 1.54) is 4.88 Å². The van der Waals surface area contributed by atoms with Crippen LogP contribution in [0.3, 0.4) is 0 Å². The molecule has 5 nitrogen and oxygen atoms in total. The molecule has 2 aliphatic heterocycles. The van der Waals surface area contributed by atoms with Gasteiger partial charge in [0.25, 0.3) is 0 Å². The third kappa shape index (κ3) is 4.10. The fraction of sp³-hybridized carbons (Fsp3) is 0.722. The Balaban J connectivity index is 1.57. The largest absolute Gasteiger partial charge is 0.379 e. The lowest BCUT2D eigenvalue weighted by atomic mass is 10.0. The normalized spacial score (nSPS) is 23.6. The van der Waals surface area contributed by atoms with Crippen LogP contribution in [0.4, 0.5) is 4.79 Å². The van der Waals surface area contributed by atoms with Gasteiger partial charge in [-0.15, -0.1) is 11.3 Å². The molecule has 24 heavy (non-hydrogen) atoms. The summed E-state index contributed by atoms with van der Waals surface area (Å²) in [5.74, 6) is 0.509. The molecular formula is C18H29N3O2S. The highest BCUT2D eigenvalue weighted by atomic mass is 32.1. The first-order chi connectivity index (χ1) is 11.7. The molecule has 2 fully saturated rings. The van der Waals surface area contributed by atoms with E-state index in [4.69, 9.17) is 4.74 Å². The number of thiophene rings is 1. The molecule has 0 radical (unpaired) electrons. The highest BCUT2D eigenvalue weighted by Crippen LogP contribution is 2.34. The summed E-state index contributed by atoms with van der Waals surface area (Å²) in [5, 5.41) is 5.30. The molecule has 2 saturated heterocycles. The molecule has 0 aliphatic carbocycles. The van der Waals surface area contributed by atoms with Crippen LogP contribution in [-0.2, 0) is 4.74 Å². The summed E-state index contributed by atoms with van der Waals surface area (Å²) in [4.78, 5) is 18.5. The van der Waals surface area contributed by atoms with Gasteiger partial charge in [0, 0.05) is 37.1 Å². The van der Waals surface area contributed by atoms with Gasteiger partial charge in [0.05, 0.1) is 19.3 Å². The van der Waals surface area contributed by atoms with E-state index in [0.717, 1.165) is 45.7 Å². The van der Waals surface area contributed by atoms with E-state index < -0.39 is 0 Å². The van der Waals surface area contributed by atoms with Crippen LogP contribution in [-0.4, -0.2) is 61.3 Å². The van der Waals surface area contributed by atoms with Crippen molar-refractivity contribution in [3.63, 3.8) is 0 Å². The van der Waals surface area contributed by atoms with Gasteiger partial charge in [0.15, 0.2) is 0 Å². The minimum Gasteiger partial charge on any atom is -0.379 e. The van der Waals surface area contributed by atoms with Crippen LogP contribution in [0.1, 0.15) is 37.6 Å². The van der Waals surface area contributed by atoms with E-state index >= 15 is 0 Å². The van der Waals surface area contributed by atoms with E-state index in [1.807, 2.05) is 4.90 Å². The Kier molecular flexibility index (Phi) is 6.14. The van der Waals surface area contributed by atoms with Gasteiger partial charge in [-0.2, -0.15) is 0 Å². The van der Waals surface area contributed by atoms with Crippen molar-refractivity contribution in [3.8, 4) is 0 Å². The van der Waals surface area contributed by atoms with Crippen LogP contribution in [0.15, 0.2) is 17.5 Å². The molecule has 2 aliphatic rings. The minimum absolute atomic E-state index is 0.0878. The predicted molar refractivity (Wildman–Crippen MR) is 97.4 cm³/mol. The van der Waals surface area contributed by atoms with Gasteiger partial charge in [-0.05, 0) is 30.2 Å². The molecule has 3 heterocycles. The number of amides is 2. The van der Waals surface area contributed by atoms with Crippen molar-refractivity contribution < 1.29 is 9.53 Å². The van der Waals surface area contributed by atoms with Crippen LogP contribution < -0.4 is 5.32 Å². The number of nitrogens with one attached hydrogen (secondary N) is 1. The maximum absolute atomic E-state index is 12.7. The summed E-state index contributed by atoms with van der Waals surface area (Å²) in [7, 11) is 0. The van der Waals surface area contributed by atoms with Crippen LogP contribution in [0, 0.1) is 5.92 Å². The first-order valence-electron chi connectivity index (χ1n) is 9.06. The molecular weight excluding hydrogens is 322 g/mol. The van der Waals surface area contributed by atoms with Gasteiger partial charge in [-0.3, -0.25) is 4.90 Å². The summed E-state index contributed by atoms with van der Waals surface area (Å²) < 4.78 is 5.46. The number of rotatable bonds is 5. The first-order valence-corrected chi connectivity index (χ1v) is 9.94. The number of urea groups is 1. The van der Waals surface area contributed by atoms with Crippen molar-refractivity contribution in [2.75, 3.05) is 39.4 Å². The molecule has 1 aromatic heterocycles. The van der Waals surface area contributed by atoms with E-state index in [2.05, 4.69) is 41.6 Å². The van der Waals surface area contributed by atoms with Crippen molar-refractivity contribution in [1.82, 2.24) is 15.1 Å². The number of carbonyl (C=O) groups excluding carboxylic acids is 1. The fourth-order valence-corrected chi connectivity index (χ4v) is 4.65. The lowest BCUT2D eigenvalue weighted by Gasteiger charge is -2.37. The molecule has 134 valence electrons. The molecule has 2 amide bonds. The Bertz CT molecular complexity index is 514. The second-order valence-electron chi connectivity index (χ2n) is 7.01. The van der Waals surface area contributed by atoms with Crippen LogP contribution in [0.25, 0.3) is 0 Å². The predicted octanol–water partition coefficient (Wildman–Crippen LogP) is 2.95. The summed E-state index contributed by atoms with van der Waals surface area (Å²) >= 11 is 1.75. The number of likely N-dealkylation sites (tertiary alicyclic amines) is 1. The molecule has 2 atom stereocenters. The second-order valence-corrected chi connectivity index (χ2v) is 7.99. The highest BCUT2D eigenvalue weighted by Gasteiger charge is 2.31. The summed E-state index contributed by atoms with van der Waals surface area (Å²) in [6, 6.07) is 4.93. The number of morpholine rings is 1. The van der Waals surface area contributed by atoms with Crippen molar-refractivity contribution in [3.05, 3.63) is 22.4 Å². The third-order valence-electron chi connectivity index (χ3n) is 5.13. The zero-order valence-electron chi connectivity index (χ0n) is 14.7. The Morgan fingerprint density at radius 1 is 1.38 bits per heavy atom. The Hall–Kier alpha value is -1.11. The first kappa shape index (κ1) is 17.7. The fourth-order valence-electron chi connectivity index (χ4n) is 3.78. The average Bonchev–Trinajstić information content (AvgIpc) is 3.26. The monoisotopic (exact) mass is 351 g/mol. The van der Waals surface area contributed by atoms with Gasteiger partial charge in [0.1, 0.15) is 0 Å². The molecule has 2 unspecified atom stereocenters. The van der Waals surface area contributed by atoms with Crippen LogP contribution >= 0.6 is 11.3 Å². The third-order valence-corrected chi connectivity index (χ3v) is 6.11. The van der Waals surface area contributed by atoms with Crippen molar-refractivity contribution in [2.24, 2.45) is 5.92 Å². The molecule has 1 N–H and O–H groups in total. The molecule has 1 aromatic rings. The Morgan fingerprint density at radius 3 is 2.83 bits per heavy atom. The number of carbonyl (C=O) groups is 1. The maximum Gasteiger partial charge on any atom is 0.317 e. The highest BCUT2D eigenvalue weighted by molar-refractivity contribution is 7.10. The summed E-state index contributed by atoms with van der Waals surface area (Å²) in [6.45, 7) is 9.55. The minimum atomic E-state index is 0.0878. The lowest BCUT2D eigenvalue weighted by molar-refractivity contribution is 0.00691. The van der Waals surface area contributed by atoms with Gasteiger partial charge in [-0.25, -0.2) is 4.79 Å². The number of nitrogens with zero attached hydrogens (tertiary/aromatic N) is 2. The molecule has 0 bridgehead atoms. The Morgan fingerprint density at radius 2 is 2.17 bits per heavy atom. The lowest BCUT2D eigenvalue weighted by Crippen LogP contribution is -2.52. The zero-order chi connectivity index (χ0) is 16.9. The van der Waals surface area contributed by atoms with Crippen molar-refractivity contribution >= 4 is 17.4 Å². The average molecular weight is 352 g/mol. The maximum atomic E-state index is 12.7. The van der Waals surface area contributed by atoms with Gasteiger partial charge >= 0.3 is 6.03 Å². The van der Waals surface area contributed by atoms with E-state index in [1.54, 1.807) is 11.3 Å². The molecule has 0 aromatic carbocycles. The number of ether oxygens (including phenoxy) is 1. The van der Waals surface area contributed by atoms with Crippen molar-refractivity contribution in [2.45, 2.75) is 38.8 Å². The van der Waals surface area contributed by atoms with E-state index in [9.17, 15) is 4.79 Å².